The molecule has 0 bridgehead atoms. The quantitative estimate of drug-likeness (QED) is 0.888. The van der Waals surface area contributed by atoms with E-state index in [1.165, 1.54) is 30.5 Å². The Morgan fingerprint density at radius 2 is 1.80 bits per heavy atom. The highest BCUT2D eigenvalue weighted by molar-refractivity contribution is 7.90. The smallest absolute Gasteiger partial charge is 0.256 e. The van der Waals surface area contributed by atoms with Crippen LogP contribution < -0.4 is 11.1 Å². The lowest BCUT2D eigenvalue weighted by molar-refractivity contribution is 0.102. The van der Waals surface area contributed by atoms with Gasteiger partial charge in [-0.05, 0) is 36.4 Å². The fraction of sp³-hybridized carbons (Fsp3) is 0.0769. The van der Waals surface area contributed by atoms with Gasteiger partial charge in [-0.1, -0.05) is 0 Å². The molecule has 1 aromatic carbocycles. The van der Waals surface area contributed by atoms with Gasteiger partial charge in [0.05, 0.1) is 16.8 Å². The van der Waals surface area contributed by atoms with Crippen molar-refractivity contribution in [2.45, 2.75) is 4.90 Å². The number of hydrogen-bond donors (Lipinski definition) is 2. The zero-order chi connectivity index (χ0) is 14.8. The number of nitrogens with one attached hydrogen (secondary N) is 1. The van der Waals surface area contributed by atoms with Crippen molar-refractivity contribution in [3.05, 3.63) is 48.2 Å². The predicted octanol–water partition coefficient (Wildman–Crippen LogP) is 1.32. The number of pyridine rings is 1. The second-order valence-corrected chi connectivity index (χ2v) is 6.24. The van der Waals surface area contributed by atoms with Gasteiger partial charge in [-0.3, -0.25) is 4.79 Å². The number of benzene rings is 1. The topological polar surface area (TPSA) is 102 Å². The number of hydrogen-bond acceptors (Lipinski definition) is 5. The summed E-state index contributed by atoms with van der Waals surface area (Å²) in [5.41, 5.74) is 6.34. The van der Waals surface area contributed by atoms with Crippen LogP contribution in [0.1, 0.15) is 10.4 Å². The summed E-state index contributed by atoms with van der Waals surface area (Å²) in [5.74, 6) is -0.00119. The number of aromatic nitrogens is 1. The van der Waals surface area contributed by atoms with Crippen molar-refractivity contribution < 1.29 is 13.2 Å². The summed E-state index contributed by atoms with van der Waals surface area (Å²) in [5, 5.41) is 2.59. The van der Waals surface area contributed by atoms with Crippen LogP contribution in [0.25, 0.3) is 0 Å². The normalized spacial score (nSPS) is 11.1. The molecular weight excluding hydrogens is 278 g/mol. The maximum absolute atomic E-state index is 11.9. The Bertz CT molecular complexity index is 722. The predicted molar refractivity (Wildman–Crippen MR) is 76.2 cm³/mol. The van der Waals surface area contributed by atoms with Gasteiger partial charge in [0, 0.05) is 11.8 Å². The van der Waals surface area contributed by atoms with Crippen LogP contribution in [-0.2, 0) is 9.84 Å². The summed E-state index contributed by atoms with van der Waals surface area (Å²) in [4.78, 5) is 16.0. The highest BCUT2D eigenvalue weighted by Crippen LogP contribution is 2.12. The lowest BCUT2D eigenvalue weighted by Crippen LogP contribution is -2.13. The summed E-state index contributed by atoms with van der Waals surface area (Å²) < 4.78 is 22.6. The van der Waals surface area contributed by atoms with Crippen molar-refractivity contribution in [3.63, 3.8) is 0 Å². The Morgan fingerprint density at radius 3 is 2.30 bits per heavy atom. The van der Waals surface area contributed by atoms with Crippen LogP contribution in [0, 0.1) is 0 Å². The monoisotopic (exact) mass is 291 g/mol. The van der Waals surface area contributed by atoms with Crippen molar-refractivity contribution in [1.29, 1.82) is 0 Å². The first-order valence-electron chi connectivity index (χ1n) is 5.69. The Kier molecular flexibility index (Phi) is 3.71. The average Bonchev–Trinajstić information content (AvgIpc) is 2.40. The second kappa shape index (κ2) is 5.30. The van der Waals surface area contributed by atoms with Crippen LogP contribution in [0.5, 0.6) is 0 Å². The average molecular weight is 291 g/mol. The van der Waals surface area contributed by atoms with E-state index in [-0.39, 0.29) is 10.8 Å². The molecule has 104 valence electrons. The Balaban J connectivity index is 2.15. The number of nitrogens with two attached hydrogens (primary N) is 1. The molecule has 7 heteroatoms. The van der Waals surface area contributed by atoms with E-state index in [4.69, 9.17) is 5.73 Å². The number of rotatable bonds is 3. The lowest BCUT2D eigenvalue weighted by Gasteiger charge is -2.05. The van der Waals surface area contributed by atoms with Crippen LogP contribution in [0.4, 0.5) is 11.5 Å². The fourth-order valence-corrected chi connectivity index (χ4v) is 2.15. The lowest BCUT2D eigenvalue weighted by atomic mass is 10.2. The van der Waals surface area contributed by atoms with E-state index >= 15 is 0 Å². The minimum Gasteiger partial charge on any atom is -0.397 e. The van der Waals surface area contributed by atoms with Gasteiger partial charge in [-0.2, -0.15) is 0 Å². The molecule has 2 rings (SSSR count). The van der Waals surface area contributed by atoms with Gasteiger partial charge in [-0.25, -0.2) is 13.4 Å². The van der Waals surface area contributed by atoms with E-state index in [0.29, 0.717) is 17.1 Å². The largest absolute Gasteiger partial charge is 0.397 e. The van der Waals surface area contributed by atoms with E-state index in [2.05, 4.69) is 10.3 Å². The molecule has 6 nitrogen and oxygen atoms in total. The Labute approximate surface area is 116 Å². The molecule has 0 aliphatic heterocycles. The standard InChI is InChI=1S/C13H13N3O3S/c1-20(18,19)11-5-2-9(3-6-11)13(17)16-12-7-4-10(14)8-15-12/h2-8H,14H2,1H3,(H,15,16,17). The molecule has 0 unspecified atom stereocenters. The first-order chi connectivity index (χ1) is 9.36. The Morgan fingerprint density at radius 1 is 1.15 bits per heavy atom. The van der Waals surface area contributed by atoms with Crippen molar-refractivity contribution in [1.82, 2.24) is 4.98 Å². The van der Waals surface area contributed by atoms with Crippen LogP contribution >= 0.6 is 0 Å². The molecule has 0 atom stereocenters. The fourth-order valence-electron chi connectivity index (χ4n) is 1.52. The summed E-state index contributed by atoms with van der Waals surface area (Å²) in [7, 11) is -3.27. The first-order valence-corrected chi connectivity index (χ1v) is 7.58. The number of carbonyl (C=O) groups is 1. The number of anilines is 2. The molecule has 20 heavy (non-hydrogen) atoms. The summed E-state index contributed by atoms with van der Waals surface area (Å²) in [6.45, 7) is 0. The SMILES string of the molecule is CS(=O)(=O)c1ccc(C(=O)Nc2ccc(N)cn2)cc1. The molecular formula is C13H13N3O3S. The minimum atomic E-state index is -3.27. The molecule has 0 aliphatic rings. The van der Waals surface area contributed by atoms with E-state index < -0.39 is 9.84 Å². The van der Waals surface area contributed by atoms with Crippen LogP contribution in [0.3, 0.4) is 0 Å². The number of nitrogens with zero attached hydrogens (tertiary/aromatic N) is 1. The molecule has 3 N–H and O–H groups in total. The molecule has 0 spiro atoms. The van der Waals surface area contributed by atoms with Gasteiger partial charge in [0.2, 0.25) is 0 Å². The first kappa shape index (κ1) is 14.0. The van der Waals surface area contributed by atoms with Gasteiger partial charge in [0.25, 0.3) is 5.91 Å². The van der Waals surface area contributed by atoms with E-state index in [1.54, 1.807) is 12.1 Å². The molecule has 0 aliphatic carbocycles. The third-order valence-electron chi connectivity index (χ3n) is 2.57. The van der Waals surface area contributed by atoms with Crippen molar-refractivity contribution >= 4 is 27.2 Å². The van der Waals surface area contributed by atoms with E-state index in [9.17, 15) is 13.2 Å². The summed E-state index contributed by atoms with van der Waals surface area (Å²) in [6, 6.07) is 8.88. The third-order valence-corrected chi connectivity index (χ3v) is 3.70. The minimum absolute atomic E-state index is 0.166. The molecule has 1 aromatic heterocycles. The molecule has 1 amide bonds. The third kappa shape index (κ3) is 3.33. The highest BCUT2D eigenvalue weighted by atomic mass is 32.2. The molecule has 0 saturated heterocycles. The summed E-state index contributed by atoms with van der Waals surface area (Å²) in [6.07, 6.45) is 2.54. The van der Waals surface area contributed by atoms with E-state index in [0.717, 1.165) is 6.26 Å². The van der Waals surface area contributed by atoms with Crippen molar-refractivity contribution in [2.75, 3.05) is 17.3 Å². The Hall–Kier alpha value is -2.41. The molecule has 1 heterocycles. The van der Waals surface area contributed by atoms with Crippen LogP contribution in [-0.4, -0.2) is 25.6 Å². The van der Waals surface area contributed by atoms with Gasteiger partial charge in [0.1, 0.15) is 5.82 Å². The van der Waals surface area contributed by atoms with Crippen LogP contribution in [0.15, 0.2) is 47.5 Å². The maximum atomic E-state index is 11.9. The van der Waals surface area contributed by atoms with Gasteiger partial charge in [0.15, 0.2) is 9.84 Å². The molecule has 0 radical (unpaired) electrons. The van der Waals surface area contributed by atoms with Gasteiger partial charge < -0.3 is 11.1 Å². The van der Waals surface area contributed by atoms with Crippen molar-refractivity contribution in [3.8, 4) is 0 Å². The second-order valence-electron chi connectivity index (χ2n) is 4.23. The molecule has 0 fully saturated rings. The number of carbonyl (C=O) groups excluding carboxylic acids is 1. The number of nitrogen functional groups attached to an aromatic ring is 1. The maximum Gasteiger partial charge on any atom is 0.256 e. The zero-order valence-corrected chi connectivity index (χ0v) is 11.5. The summed E-state index contributed by atoms with van der Waals surface area (Å²) >= 11 is 0. The van der Waals surface area contributed by atoms with Crippen molar-refractivity contribution in [2.24, 2.45) is 0 Å². The molecule has 2 aromatic rings. The van der Waals surface area contributed by atoms with E-state index in [1.807, 2.05) is 0 Å². The van der Waals surface area contributed by atoms with Gasteiger partial charge >= 0.3 is 0 Å². The number of sulfone groups is 1. The highest BCUT2D eigenvalue weighted by Gasteiger charge is 2.10. The number of amides is 1. The van der Waals surface area contributed by atoms with Gasteiger partial charge in [-0.15, -0.1) is 0 Å². The zero-order valence-electron chi connectivity index (χ0n) is 10.7. The van der Waals surface area contributed by atoms with Crippen LogP contribution in [0.2, 0.25) is 0 Å². The molecule has 0 saturated carbocycles.